The molecule has 1 N–H and O–H groups in total. The van der Waals surface area contributed by atoms with Gasteiger partial charge in [-0.25, -0.2) is 0 Å². The topological polar surface area (TPSA) is 39.7 Å². The minimum absolute atomic E-state index is 0.117. The van der Waals surface area contributed by atoms with Crippen LogP contribution in [0.4, 0.5) is 0 Å². The van der Waals surface area contributed by atoms with Gasteiger partial charge in [-0.15, -0.1) is 0 Å². The number of nitrogens with one attached hydrogen (secondary N) is 1. The van der Waals surface area contributed by atoms with Crippen LogP contribution in [0.2, 0.25) is 0 Å². The molecule has 1 aromatic carbocycles. The third-order valence-corrected chi connectivity index (χ3v) is 2.61. The molecule has 0 spiro atoms. The van der Waals surface area contributed by atoms with Gasteiger partial charge in [0.2, 0.25) is 0 Å². The van der Waals surface area contributed by atoms with Crippen molar-refractivity contribution in [2.75, 3.05) is 19.8 Å². The number of morpholine rings is 1. The van der Waals surface area contributed by atoms with Crippen molar-refractivity contribution < 1.29 is 14.2 Å². The maximum Gasteiger partial charge on any atom is 0.258 e. The van der Waals surface area contributed by atoms with Crippen molar-refractivity contribution in [3.8, 4) is 11.5 Å². The molecule has 1 fully saturated rings. The van der Waals surface area contributed by atoms with Crippen LogP contribution in [0, 0.1) is 0 Å². The first-order valence-corrected chi connectivity index (χ1v) is 5.17. The van der Waals surface area contributed by atoms with E-state index >= 15 is 0 Å². The summed E-state index contributed by atoms with van der Waals surface area (Å²) in [4.78, 5) is 0. The Morgan fingerprint density at radius 1 is 1.13 bits per heavy atom. The molecular formula is C11H13NO3. The van der Waals surface area contributed by atoms with Gasteiger partial charge in [0.05, 0.1) is 13.2 Å². The zero-order valence-corrected chi connectivity index (χ0v) is 8.31. The SMILES string of the molecule is c1ccc2c(c1)OC(C1COCCN1)O2. The summed E-state index contributed by atoms with van der Waals surface area (Å²) in [6.45, 7) is 2.25. The zero-order chi connectivity index (χ0) is 10.1. The molecule has 2 aliphatic heterocycles. The quantitative estimate of drug-likeness (QED) is 0.738. The van der Waals surface area contributed by atoms with Crippen LogP contribution in [0.25, 0.3) is 0 Å². The smallest absolute Gasteiger partial charge is 0.258 e. The lowest BCUT2D eigenvalue weighted by Gasteiger charge is -2.27. The highest BCUT2D eigenvalue weighted by atomic mass is 16.7. The zero-order valence-electron chi connectivity index (χ0n) is 8.31. The number of benzene rings is 1. The third kappa shape index (κ3) is 1.66. The molecule has 0 saturated carbocycles. The van der Waals surface area contributed by atoms with Crippen LogP contribution in [-0.4, -0.2) is 32.1 Å². The summed E-state index contributed by atoms with van der Waals surface area (Å²) in [6.07, 6.45) is -0.261. The van der Waals surface area contributed by atoms with Crippen LogP contribution >= 0.6 is 0 Å². The van der Waals surface area contributed by atoms with Crippen LogP contribution in [0.1, 0.15) is 0 Å². The minimum atomic E-state index is -0.261. The van der Waals surface area contributed by atoms with Crippen molar-refractivity contribution in [1.29, 1.82) is 0 Å². The summed E-state index contributed by atoms with van der Waals surface area (Å²) in [5.41, 5.74) is 0. The van der Waals surface area contributed by atoms with Gasteiger partial charge in [-0.1, -0.05) is 12.1 Å². The fourth-order valence-corrected chi connectivity index (χ4v) is 1.84. The molecule has 1 unspecified atom stereocenters. The number of rotatable bonds is 1. The van der Waals surface area contributed by atoms with Crippen LogP contribution in [0.5, 0.6) is 11.5 Å². The van der Waals surface area contributed by atoms with Gasteiger partial charge in [0, 0.05) is 6.54 Å². The molecule has 15 heavy (non-hydrogen) atoms. The van der Waals surface area contributed by atoms with Crippen molar-refractivity contribution in [2.45, 2.75) is 12.3 Å². The number of fused-ring (bicyclic) bond motifs is 1. The highest BCUT2D eigenvalue weighted by molar-refractivity contribution is 5.41. The van der Waals surface area contributed by atoms with Crippen molar-refractivity contribution in [3.63, 3.8) is 0 Å². The van der Waals surface area contributed by atoms with Crippen molar-refractivity contribution in [3.05, 3.63) is 24.3 Å². The van der Waals surface area contributed by atoms with Gasteiger partial charge >= 0.3 is 0 Å². The van der Waals surface area contributed by atoms with E-state index in [4.69, 9.17) is 14.2 Å². The molecule has 1 aromatic rings. The fourth-order valence-electron chi connectivity index (χ4n) is 1.84. The Morgan fingerprint density at radius 3 is 2.47 bits per heavy atom. The molecule has 1 saturated heterocycles. The van der Waals surface area contributed by atoms with E-state index in [1.807, 2.05) is 24.3 Å². The number of ether oxygens (including phenoxy) is 3. The first-order chi connectivity index (χ1) is 7.43. The summed E-state index contributed by atoms with van der Waals surface area (Å²) in [7, 11) is 0. The Bertz CT molecular complexity index is 324. The van der Waals surface area contributed by atoms with Crippen molar-refractivity contribution in [2.24, 2.45) is 0 Å². The average molecular weight is 207 g/mol. The van der Waals surface area contributed by atoms with Gasteiger partial charge < -0.3 is 19.5 Å². The largest absolute Gasteiger partial charge is 0.449 e. The Kier molecular flexibility index (Phi) is 2.23. The van der Waals surface area contributed by atoms with Gasteiger partial charge in [-0.3, -0.25) is 0 Å². The second-order valence-corrected chi connectivity index (χ2v) is 3.69. The van der Waals surface area contributed by atoms with Crippen LogP contribution in [0.15, 0.2) is 24.3 Å². The Labute approximate surface area is 88.1 Å². The van der Waals surface area contributed by atoms with E-state index in [1.54, 1.807) is 0 Å². The fraction of sp³-hybridized carbons (Fsp3) is 0.455. The molecule has 4 nitrogen and oxygen atoms in total. The summed E-state index contributed by atoms with van der Waals surface area (Å²) < 4.78 is 16.7. The highest BCUT2D eigenvalue weighted by Gasteiger charge is 2.32. The minimum Gasteiger partial charge on any atom is -0.449 e. The molecular weight excluding hydrogens is 194 g/mol. The number of hydrogen-bond acceptors (Lipinski definition) is 4. The summed E-state index contributed by atoms with van der Waals surface area (Å²) in [5.74, 6) is 1.63. The molecule has 2 heterocycles. The Hall–Kier alpha value is -1.26. The molecule has 0 radical (unpaired) electrons. The van der Waals surface area contributed by atoms with Gasteiger partial charge in [0.25, 0.3) is 6.29 Å². The van der Waals surface area contributed by atoms with E-state index in [0.717, 1.165) is 24.7 Å². The van der Waals surface area contributed by atoms with Gasteiger partial charge in [0.1, 0.15) is 6.04 Å². The molecule has 0 aromatic heterocycles. The van der Waals surface area contributed by atoms with Gasteiger partial charge in [-0.2, -0.15) is 0 Å². The maximum atomic E-state index is 5.68. The van der Waals surface area contributed by atoms with Crippen LogP contribution in [-0.2, 0) is 4.74 Å². The second-order valence-electron chi connectivity index (χ2n) is 3.69. The molecule has 3 rings (SSSR count). The Morgan fingerprint density at radius 2 is 1.87 bits per heavy atom. The van der Waals surface area contributed by atoms with E-state index in [2.05, 4.69) is 5.32 Å². The predicted octanol–water partition coefficient (Wildman–Crippen LogP) is 0.772. The molecule has 0 amide bonds. The average Bonchev–Trinajstić information content (AvgIpc) is 2.74. The van der Waals surface area contributed by atoms with E-state index < -0.39 is 0 Å². The maximum absolute atomic E-state index is 5.68. The van der Waals surface area contributed by atoms with Crippen molar-refractivity contribution in [1.82, 2.24) is 5.32 Å². The summed E-state index contributed by atoms with van der Waals surface area (Å²) in [6, 6.07) is 7.83. The van der Waals surface area contributed by atoms with E-state index in [1.165, 1.54) is 0 Å². The molecule has 4 heteroatoms. The normalized spacial score (nSPS) is 25.5. The lowest BCUT2D eigenvalue weighted by molar-refractivity contribution is -0.0389. The lowest BCUT2D eigenvalue weighted by atomic mass is 10.3. The molecule has 1 atom stereocenters. The molecule has 0 bridgehead atoms. The summed E-state index contributed by atoms with van der Waals surface area (Å²) in [5, 5.41) is 3.32. The Balaban J connectivity index is 1.72. The van der Waals surface area contributed by atoms with Gasteiger partial charge in [0.15, 0.2) is 11.5 Å². The highest BCUT2D eigenvalue weighted by Crippen LogP contribution is 2.34. The van der Waals surface area contributed by atoms with Crippen molar-refractivity contribution >= 4 is 0 Å². The standard InChI is InChI=1S/C11H13NO3/c1-2-4-10-9(3-1)14-11(15-10)8-7-13-6-5-12-8/h1-4,8,11-12H,5-7H2. The predicted molar refractivity (Wildman–Crippen MR) is 54.1 cm³/mol. The lowest BCUT2D eigenvalue weighted by Crippen LogP contribution is -2.51. The first-order valence-electron chi connectivity index (χ1n) is 5.17. The summed E-state index contributed by atoms with van der Waals surface area (Å²) >= 11 is 0. The molecule has 0 aliphatic carbocycles. The number of hydrogen-bond donors (Lipinski definition) is 1. The first kappa shape index (κ1) is 9.00. The third-order valence-electron chi connectivity index (χ3n) is 2.61. The number of para-hydroxylation sites is 2. The van der Waals surface area contributed by atoms with Crippen LogP contribution in [0.3, 0.4) is 0 Å². The second kappa shape index (κ2) is 3.72. The van der Waals surface area contributed by atoms with Crippen LogP contribution < -0.4 is 14.8 Å². The molecule has 80 valence electrons. The monoisotopic (exact) mass is 207 g/mol. The van der Waals surface area contributed by atoms with E-state index in [-0.39, 0.29) is 12.3 Å². The van der Waals surface area contributed by atoms with E-state index in [0.29, 0.717) is 6.61 Å². The van der Waals surface area contributed by atoms with E-state index in [9.17, 15) is 0 Å². The molecule has 2 aliphatic rings. The van der Waals surface area contributed by atoms with Gasteiger partial charge in [-0.05, 0) is 12.1 Å².